The Labute approximate surface area is 171 Å². The third-order valence-electron chi connectivity index (χ3n) is 5.35. The van der Waals surface area contributed by atoms with Crippen molar-refractivity contribution >= 4 is 22.0 Å². The number of hydrogen-bond acceptors (Lipinski definition) is 4. The molecule has 6 nitrogen and oxygen atoms in total. The van der Waals surface area contributed by atoms with Crippen molar-refractivity contribution in [1.29, 1.82) is 0 Å². The largest absolute Gasteiger partial charge is 0.379 e. The molecule has 2 aliphatic rings. The molecule has 0 N–H and O–H groups in total. The highest BCUT2D eigenvalue weighted by molar-refractivity contribution is 7.89. The fourth-order valence-corrected chi connectivity index (χ4v) is 5.05. The van der Waals surface area contributed by atoms with Crippen molar-refractivity contribution < 1.29 is 17.9 Å². The SMILES string of the molecule is O=C(C=Cc1ccc(S(=O)(=O)N2CCOCC2)cc1)N1CCc2ccccc2C1. The molecule has 2 aromatic rings. The minimum atomic E-state index is -3.50. The third-order valence-corrected chi connectivity index (χ3v) is 7.26. The molecule has 0 aliphatic carbocycles. The smallest absolute Gasteiger partial charge is 0.246 e. The van der Waals surface area contributed by atoms with Crippen molar-refractivity contribution in [3.05, 3.63) is 71.3 Å². The van der Waals surface area contributed by atoms with Gasteiger partial charge in [-0.05, 0) is 41.3 Å². The molecule has 0 aromatic heterocycles. The van der Waals surface area contributed by atoms with Crippen LogP contribution in [0.1, 0.15) is 16.7 Å². The van der Waals surface area contributed by atoms with Crippen LogP contribution < -0.4 is 0 Å². The first-order valence-electron chi connectivity index (χ1n) is 9.76. The van der Waals surface area contributed by atoms with E-state index in [4.69, 9.17) is 4.74 Å². The van der Waals surface area contributed by atoms with Crippen molar-refractivity contribution in [3.8, 4) is 0 Å². The van der Waals surface area contributed by atoms with Crippen molar-refractivity contribution in [2.24, 2.45) is 0 Å². The number of nitrogens with zero attached hydrogens (tertiary/aromatic N) is 2. The van der Waals surface area contributed by atoms with Gasteiger partial charge in [-0.15, -0.1) is 0 Å². The van der Waals surface area contributed by atoms with Crippen LogP contribution in [0.15, 0.2) is 59.5 Å². The number of ether oxygens (including phenoxy) is 1. The van der Waals surface area contributed by atoms with Crippen molar-refractivity contribution in [2.45, 2.75) is 17.9 Å². The molecular formula is C22H24N2O4S. The van der Waals surface area contributed by atoms with E-state index < -0.39 is 10.0 Å². The van der Waals surface area contributed by atoms with E-state index in [0.29, 0.717) is 39.4 Å². The molecule has 1 saturated heterocycles. The van der Waals surface area contributed by atoms with Gasteiger partial charge in [0.15, 0.2) is 0 Å². The molecule has 2 aromatic carbocycles. The summed E-state index contributed by atoms with van der Waals surface area (Å²) in [7, 11) is -3.50. The topological polar surface area (TPSA) is 66.9 Å². The highest BCUT2D eigenvalue weighted by Crippen LogP contribution is 2.20. The zero-order valence-electron chi connectivity index (χ0n) is 16.2. The van der Waals surface area contributed by atoms with E-state index in [2.05, 4.69) is 12.1 Å². The molecule has 2 heterocycles. The van der Waals surface area contributed by atoms with Gasteiger partial charge < -0.3 is 9.64 Å². The molecule has 0 atom stereocenters. The lowest BCUT2D eigenvalue weighted by molar-refractivity contribution is -0.126. The summed E-state index contributed by atoms with van der Waals surface area (Å²) in [5.74, 6) is -0.0375. The lowest BCUT2D eigenvalue weighted by Crippen LogP contribution is -2.40. The number of benzene rings is 2. The Kier molecular flexibility index (Phi) is 5.80. The van der Waals surface area contributed by atoms with E-state index in [-0.39, 0.29) is 10.8 Å². The first kappa shape index (κ1) is 19.8. The quantitative estimate of drug-likeness (QED) is 0.723. The minimum absolute atomic E-state index is 0.0375. The maximum absolute atomic E-state index is 12.7. The summed E-state index contributed by atoms with van der Waals surface area (Å²) >= 11 is 0. The molecule has 1 fully saturated rings. The highest BCUT2D eigenvalue weighted by atomic mass is 32.2. The number of carbonyl (C=O) groups is 1. The Morgan fingerprint density at radius 3 is 2.34 bits per heavy atom. The Balaban J connectivity index is 1.41. The number of morpholine rings is 1. The predicted octanol–water partition coefficient (Wildman–Crippen LogP) is 2.31. The predicted molar refractivity (Wildman–Crippen MR) is 111 cm³/mol. The number of fused-ring (bicyclic) bond motifs is 1. The van der Waals surface area contributed by atoms with E-state index in [0.717, 1.165) is 12.0 Å². The molecule has 152 valence electrons. The van der Waals surface area contributed by atoms with Crippen molar-refractivity contribution in [2.75, 3.05) is 32.8 Å². The zero-order valence-corrected chi connectivity index (χ0v) is 17.0. The van der Waals surface area contributed by atoms with Crippen molar-refractivity contribution in [3.63, 3.8) is 0 Å². The molecule has 0 spiro atoms. The fraction of sp³-hybridized carbons (Fsp3) is 0.318. The summed E-state index contributed by atoms with van der Waals surface area (Å²) in [6.45, 7) is 2.91. The summed E-state index contributed by atoms with van der Waals surface area (Å²) in [5.41, 5.74) is 3.28. The van der Waals surface area contributed by atoms with Crippen LogP contribution in [0.3, 0.4) is 0 Å². The van der Waals surface area contributed by atoms with Crippen LogP contribution in [-0.2, 0) is 32.5 Å². The normalized spacial score (nSPS) is 18.0. The number of carbonyl (C=O) groups excluding carboxylic acids is 1. The first-order valence-corrected chi connectivity index (χ1v) is 11.2. The second kappa shape index (κ2) is 8.49. The molecule has 0 radical (unpaired) electrons. The van der Waals surface area contributed by atoms with E-state index in [1.54, 1.807) is 36.4 Å². The average molecular weight is 413 g/mol. The lowest BCUT2D eigenvalue weighted by Gasteiger charge is -2.27. The van der Waals surface area contributed by atoms with Gasteiger partial charge in [-0.3, -0.25) is 4.79 Å². The number of sulfonamides is 1. The molecule has 0 bridgehead atoms. The van der Waals surface area contributed by atoms with Gasteiger partial charge in [0.2, 0.25) is 15.9 Å². The van der Waals surface area contributed by atoms with Crippen LogP contribution in [0, 0.1) is 0 Å². The van der Waals surface area contributed by atoms with Crippen LogP contribution in [0.5, 0.6) is 0 Å². The monoisotopic (exact) mass is 412 g/mol. The standard InChI is InChI=1S/C22H24N2O4S/c25-22(23-12-11-19-3-1-2-4-20(19)17-23)10-7-18-5-8-21(9-6-18)29(26,27)24-13-15-28-16-14-24/h1-10H,11-17H2. The molecule has 0 saturated carbocycles. The van der Waals surface area contributed by atoms with Gasteiger partial charge in [0.05, 0.1) is 18.1 Å². The summed E-state index contributed by atoms with van der Waals surface area (Å²) < 4.78 is 32.0. The number of amides is 1. The second-order valence-corrected chi connectivity index (χ2v) is 9.14. The summed E-state index contributed by atoms with van der Waals surface area (Å²) in [6.07, 6.45) is 4.15. The van der Waals surface area contributed by atoms with Gasteiger partial charge in [0, 0.05) is 32.3 Å². The van der Waals surface area contributed by atoms with Gasteiger partial charge in [0.1, 0.15) is 0 Å². The average Bonchev–Trinajstić information content (AvgIpc) is 2.78. The van der Waals surface area contributed by atoms with Gasteiger partial charge in [-0.25, -0.2) is 8.42 Å². The Bertz CT molecular complexity index is 1010. The molecular weight excluding hydrogens is 388 g/mol. The van der Waals surface area contributed by atoms with Gasteiger partial charge >= 0.3 is 0 Å². The van der Waals surface area contributed by atoms with Crippen LogP contribution in [0.4, 0.5) is 0 Å². The molecule has 4 rings (SSSR count). The van der Waals surface area contributed by atoms with Crippen LogP contribution in [-0.4, -0.2) is 56.4 Å². The van der Waals surface area contributed by atoms with E-state index in [9.17, 15) is 13.2 Å². The number of rotatable bonds is 4. The lowest BCUT2D eigenvalue weighted by atomic mass is 10.00. The van der Waals surface area contributed by atoms with Gasteiger partial charge in [0.25, 0.3) is 0 Å². The van der Waals surface area contributed by atoms with E-state index in [1.165, 1.54) is 15.4 Å². The minimum Gasteiger partial charge on any atom is -0.379 e. The van der Waals surface area contributed by atoms with Gasteiger partial charge in [-0.2, -0.15) is 4.31 Å². The first-order chi connectivity index (χ1) is 14.0. The summed E-state index contributed by atoms with van der Waals surface area (Å²) in [5, 5.41) is 0. The second-order valence-electron chi connectivity index (χ2n) is 7.20. The molecule has 1 amide bonds. The Morgan fingerprint density at radius 2 is 1.62 bits per heavy atom. The maximum atomic E-state index is 12.7. The van der Waals surface area contributed by atoms with E-state index >= 15 is 0 Å². The van der Waals surface area contributed by atoms with Crippen LogP contribution in [0.25, 0.3) is 6.08 Å². The van der Waals surface area contributed by atoms with Crippen molar-refractivity contribution in [1.82, 2.24) is 9.21 Å². The summed E-state index contributed by atoms with van der Waals surface area (Å²) in [6, 6.07) is 14.8. The third kappa shape index (κ3) is 4.42. The van der Waals surface area contributed by atoms with E-state index in [1.807, 2.05) is 17.0 Å². The summed E-state index contributed by atoms with van der Waals surface area (Å²) in [4.78, 5) is 14.6. The molecule has 29 heavy (non-hydrogen) atoms. The van der Waals surface area contributed by atoms with Crippen LogP contribution in [0.2, 0.25) is 0 Å². The Hall–Kier alpha value is -2.48. The van der Waals surface area contributed by atoms with Crippen LogP contribution >= 0.6 is 0 Å². The Morgan fingerprint density at radius 1 is 0.931 bits per heavy atom. The molecule has 7 heteroatoms. The molecule has 2 aliphatic heterocycles. The number of hydrogen-bond donors (Lipinski definition) is 0. The molecule has 0 unspecified atom stereocenters. The van der Waals surface area contributed by atoms with Gasteiger partial charge in [-0.1, -0.05) is 36.4 Å². The zero-order chi connectivity index (χ0) is 20.3. The fourth-order valence-electron chi connectivity index (χ4n) is 3.64. The maximum Gasteiger partial charge on any atom is 0.246 e. The highest BCUT2D eigenvalue weighted by Gasteiger charge is 2.26.